The second-order valence-electron chi connectivity index (χ2n) is 7.85. The molecule has 0 saturated heterocycles. The summed E-state index contributed by atoms with van der Waals surface area (Å²) in [5, 5.41) is 8.06. The Hall–Kier alpha value is -3.78. The number of nitrogens with two attached hydrogens (primary N) is 1. The highest BCUT2D eigenvalue weighted by Gasteiger charge is 2.22. The van der Waals surface area contributed by atoms with Gasteiger partial charge in [0.1, 0.15) is 11.5 Å². The van der Waals surface area contributed by atoms with Gasteiger partial charge in [-0.3, -0.25) is 4.79 Å². The Balaban J connectivity index is 1.63. The van der Waals surface area contributed by atoms with Crippen molar-refractivity contribution in [2.45, 2.75) is 32.9 Å². The number of fused-ring (bicyclic) bond motifs is 2. The predicted molar refractivity (Wildman–Crippen MR) is 121 cm³/mol. The molecule has 1 aliphatic heterocycles. The Labute approximate surface area is 185 Å². The molecule has 4 heterocycles. The standard InChI is InChI=1S/C24H24N6O2/c1-15-21(19-10-5-11-20(22(25)31)30(19)29-15)24-27-18-14-32-12-6-9-17(18)23(28-24)26-13-16-7-3-2-4-8-16/h2-5,7-8,10-11H,6,9,12-14H2,1H3,(H2,25,31)(H,26,27,28). The molecule has 3 aromatic heterocycles. The molecular weight excluding hydrogens is 404 g/mol. The number of benzene rings is 1. The maximum atomic E-state index is 11.9. The average molecular weight is 428 g/mol. The summed E-state index contributed by atoms with van der Waals surface area (Å²) in [6.45, 7) is 3.68. The van der Waals surface area contributed by atoms with Crippen LogP contribution < -0.4 is 11.1 Å². The fourth-order valence-electron chi connectivity index (χ4n) is 4.12. The number of hydrogen-bond acceptors (Lipinski definition) is 6. The van der Waals surface area contributed by atoms with Gasteiger partial charge in [0.25, 0.3) is 5.91 Å². The van der Waals surface area contributed by atoms with Gasteiger partial charge in [0.2, 0.25) is 0 Å². The number of nitrogens with one attached hydrogen (secondary N) is 1. The van der Waals surface area contributed by atoms with Crippen LogP contribution in [0, 0.1) is 6.92 Å². The largest absolute Gasteiger partial charge is 0.375 e. The lowest BCUT2D eigenvalue weighted by Crippen LogP contribution is -2.16. The number of hydrogen-bond donors (Lipinski definition) is 2. The summed E-state index contributed by atoms with van der Waals surface area (Å²) >= 11 is 0. The van der Waals surface area contributed by atoms with Crippen molar-refractivity contribution < 1.29 is 9.53 Å². The molecular formula is C24H24N6O2. The van der Waals surface area contributed by atoms with Crippen LogP contribution >= 0.6 is 0 Å². The summed E-state index contributed by atoms with van der Waals surface area (Å²) in [6, 6.07) is 15.6. The molecule has 32 heavy (non-hydrogen) atoms. The molecule has 0 atom stereocenters. The van der Waals surface area contributed by atoms with Crippen molar-refractivity contribution in [3.05, 3.63) is 76.7 Å². The van der Waals surface area contributed by atoms with Crippen LogP contribution in [0.25, 0.3) is 16.9 Å². The van der Waals surface area contributed by atoms with Crippen LogP contribution in [0.3, 0.4) is 0 Å². The first kappa shape index (κ1) is 20.1. The number of amides is 1. The summed E-state index contributed by atoms with van der Waals surface area (Å²) in [6.07, 6.45) is 1.78. The van der Waals surface area contributed by atoms with E-state index in [1.807, 2.05) is 31.2 Å². The van der Waals surface area contributed by atoms with E-state index in [2.05, 4.69) is 22.5 Å². The van der Waals surface area contributed by atoms with Gasteiger partial charge >= 0.3 is 0 Å². The zero-order chi connectivity index (χ0) is 22.1. The number of carbonyl (C=O) groups is 1. The molecule has 0 fully saturated rings. The van der Waals surface area contributed by atoms with Gasteiger partial charge in [0.15, 0.2) is 5.82 Å². The van der Waals surface area contributed by atoms with Crippen molar-refractivity contribution in [2.24, 2.45) is 5.73 Å². The monoisotopic (exact) mass is 428 g/mol. The number of primary amides is 1. The Morgan fingerprint density at radius 1 is 1.16 bits per heavy atom. The highest BCUT2D eigenvalue weighted by atomic mass is 16.5. The van der Waals surface area contributed by atoms with E-state index in [1.165, 1.54) is 5.56 Å². The van der Waals surface area contributed by atoms with Crippen LogP contribution in [-0.4, -0.2) is 32.1 Å². The van der Waals surface area contributed by atoms with Gasteiger partial charge in [0.05, 0.1) is 29.1 Å². The molecule has 0 aliphatic carbocycles. The predicted octanol–water partition coefficient (Wildman–Crippen LogP) is 3.27. The second kappa shape index (κ2) is 8.39. The molecule has 0 radical (unpaired) electrons. The lowest BCUT2D eigenvalue weighted by molar-refractivity contribution is 0.0993. The minimum Gasteiger partial charge on any atom is -0.375 e. The molecule has 1 aliphatic rings. The molecule has 162 valence electrons. The van der Waals surface area contributed by atoms with Gasteiger partial charge in [-0.25, -0.2) is 14.5 Å². The zero-order valence-electron chi connectivity index (χ0n) is 17.8. The number of aryl methyl sites for hydroxylation is 1. The Morgan fingerprint density at radius 3 is 2.81 bits per heavy atom. The molecule has 0 saturated carbocycles. The summed E-state index contributed by atoms with van der Waals surface area (Å²) < 4.78 is 7.34. The van der Waals surface area contributed by atoms with E-state index in [0.29, 0.717) is 31.3 Å². The van der Waals surface area contributed by atoms with Gasteiger partial charge in [-0.15, -0.1) is 0 Å². The maximum absolute atomic E-state index is 11.9. The van der Waals surface area contributed by atoms with Crippen molar-refractivity contribution in [1.29, 1.82) is 0 Å². The lowest BCUT2D eigenvalue weighted by atomic mass is 10.1. The molecule has 1 aromatic carbocycles. The second-order valence-corrected chi connectivity index (χ2v) is 7.85. The van der Waals surface area contributed by atoms with Gasteiger partial charge in [-0.2, -0.15) is 5.10 Å². The number of ether oxygens (including phenoxy) is 1. The van der Waals surface area contributed by atoms with Gasteiger partial charge in [-0.05, 0) is 37.5 Å². The average Bonchev–Trinajstić information content (AvgIpc) is 2.96. The topological polar surface area (TPSA) is 107 Å². The van der Waals surface area contributed by atoms with Crippen LogP contribution in [-0.2, 0) is 24.3 Å². The molecule has 8 nitrogen and oxygen atoms in total. The third-order valence-electron chi connectivity index (χ3n) is 5.66. The quantitative estimate of drug-likeness (QED) is 0.505. The third kappa shape index (κ3) is 3.69. The molecule has 0 unspecified atom stereocenters. The minimum atomic E-state index is -0.536. The number of anilines is 1. The maximum Gasteiger partial charge on any atom is 0.267 e. The summed E-state index contributed by atoms with van der Waals surface area (Å²) in [5.74, 6) is 0.828. The fourth-order valence-corrected chi connectivity index (χ4v) is 4.12. The Kier molecular flexibility index (Phi) is 5.28. The van der Waals surface area contributed by atoms with Crippen molar-refractivity contribution in [1.82, 2.24) is 19.6 Å². The van der Waals surface area contributed by atoms with Gasteiger partial charge < -0.3 is 15.8 Å². The highest BCUT2D eigenvalue weighted by molar-refractivity contribution is 5.93. The van der Waals surface area contributed by atoms with Crippen LogP contribution in [0.4, 0.5) is 5.82 Å². The minimum absolute atomic E-state index is 0.317. The number of aromatic nitrogens is 4. The van der Waals surface area contributed by atoms with E-state index in [9.17, 15) is 4.79 Å². The van der Waals surface area contributed by atoms with Crippen LogP contribution in [0.5, 0.6) is 0 Å². The Bertz CT molecular complexity index is 1300. The molecule has 5 rings (SSSR count). The van der Waals surface area contributed by atoms with Crippen molar-refractivity contribution in [2.75, 3.05) is 11.9 Å². The van der Waals surface area contributed by atoms with Crippen molar-refractivity contribution >= 4 is 17.2 Å². The number of pyridine rings is 1. The number of nitrogens with zero attached hydrogens (tertiary/aromatic N) is 4. The Morgan fingerprint density at radius 2 is 2.00 bits per heavy atom. The van der Waals surface area contributed by atoms with E-state index in [1.54, 1.807) is 16.6 Å². The van der Waals surface area contributed by atoms with Crippen LogP contribution in [0.15, 0.2) is 48.5 Å². The summed E-state index contributed by atoms with van der Waals surface area (Å²) in [7, 11) is 0. The van der Waals surface area contributed by atoms with Gasteiger partial charge in [-0.1, -0.05) is 36.4 Å². The molecule has 8 heteroatoms. The number of rotatable bonds is 5. The molecule has 3 N–H and O–H groups in total. The molecule has 0 bridgehead atoms. The van der Waals surface area contributed by atoms with E-state index in [0.717, 1.165) is 46.7 Å². The van der Waals surface area contributed by atoms with E-state index < -0.39 is 5.91 Å². The smallest absolute Gasteiger partial charge is 0.267 e. The van der Waals surface area contributed by atoms with E-state index in [-0.39, 0.29) is 0 Å². The molecule has 4 aromatic rings. The van der Waals surface area contributed by atoms with E-state index in [4.69, 9.17) is 20.4 Å². The zero-order valence-corrected chi connectivity index (χ0v) is 17.8. The third-order valence-corrected chi connectivity index (χ3v) is 5.66. The van der Waals surface area contributed by atoms with Crippen molar-refractivity contribution in [3.8, 4) is 11.4 Å². The SMILES string of the molecule is Cc1nn2c(C(N)=O)cccc2c1-c1nc2c(c(NCc3ccccc3)n1)CCCOC2. The van der Waals surface area contributed by atoms with Crippen LogP contribution in [0.1, 0.15) is 39.4 Å². The van der Waals surface area contributed by atoms with Crippen molar-refractivity contribution in [3.63, 3.8) is 0 Å². The summed E-state index contributed by atoms with van der Waals surface area (Å²) in [4.78, 5) is 21.7. The van der Waals surface area contributed by atoms with Gasteiger partial charge in [0, 0.05) is 18.7 Å². The van der Waals surface area contributed by atoms with E-state index >= 15 is 0 Å². The summed E-state index contributed by atoms with van der Waals surface area (Å²) in [5.41, 5.74) is 11.3. The normalized spacial score (nSPS) is 13.5. The first-order chi connectivity index (χ1) is 15.6. The lowest BCUT2D eigenvalue weighted by Gasteiger charge is -2.15. The van der Waals surface area contributed by atoms with Crippen LogP contribution in [0.2, 0.25) is 0 Å². The fraction of sp³-hybridized carbons (Fsp3) is 0.250. The first-order valence-electron chi connectivity index (χ1n) is 10.7. The highest BCUT2D eigenvalue weighted by Crippen LogP contribution is 2.31. The first-order valence-corrected chi connectivity index (χ1v) is 10.7. The number of carbonyl (C=O) groups excluding carboxylic acids is 1. The molecule has 1 amide bonds. The molecule has 0 spiro atoms.